The number of unbranched alkanes of at least 4 members (excludes halogenated alkanes) is 1. The van der Waals surface area contributed by atoms with Gasteiger partial charge in [-0.15, -0.1) is 0 Å². The van der Waals surface area contributed by atoms with Crippen LogP contribution in [0.25, 0.3) is 16.8 Å². The maximum Gasteiger partial charge on any atom is 0.253 e. The number of sulfonamides is 1. The van der Waals surface area contributed by atoms with Crippen LogP contribution < -0.4 is 15.8 Å². The van der Waals surface area contributed by atoms with Gasteiger partial charge in [0.05, 0.1) is 16.5 Å². The molecule has 0 unspecified atom stereocenters. The number of fused-ring (bicyclic) bond motifs is 1. The number of hydrogen-bond donors (Lipinski definition) is 3. The van der Waals surface area contributed by atoms with E-state index >= 15 is 0 Å². The van der Waals surface area contributed by atoms with Crippen LogP contribution in [0.5, 0.6) is 0 Å². The van der Waals surface area contributed by atoms with Crippen molar-refractivity contribution in [3.8, 4) is 11.3 Å². The third kappa shape index (κ3) is 4.74. The smallest absolute Gasteiger partial charge is 0.253 e. The molecule has 0 saturated heterocycles. The largest absolute Gasteiger partial charge is 0.382 e. The molecule has 0 atom stereocenters. The number of nitrogen functional groups attached to an aromatic ring is 1. The fourth-order valence-corrected chi connectivity index (χ4v) is 3.66. The first kappa shape index (κ1) is 21.7. The Labute approximate surface area is 175 Å². The molecule has 3 rings (SSSR count). The van der Waals surface area contributed by atoms with Crippen molar-refractivity contribution in [1.29, 1.82) is 0 Å². The number of aromatic nitrogens is 4. The van der Waals surface area contributed by atoms with Crippen molar-refractivity contribution in [2.45, 2.75) is 31.9 Å². The van der Waals surface area contributed by atoms with Gasteiger partial charge in [0.25, 0.3) is 5.91 Å². The third-order valence-corrected chi connectivity index (χ3v) is 6.46. The maximum absolute atomic E-state index is 12.8. The van der Waals surface area contributed by atoms with Crippen molar-refractivity contribution in [3.63, 3.8) is 0 Å². The number of amides is 1. The van der Waals surface area contributed by atoms with Gasteiger partial charge in [-0.1, -0.05) is 0 Å². The highest BCUT2D eigenvalue weighted by atomic mass is 32.2. The van der Waals surface area contributed by atoms with Crippen molar-refractivity contribution < 1.29 is 13.2 Å². The number of pyridine rings is 1. The van der Waals surface area contributed by atoms with Gasteiger partial charge >= 0.3 is 0 Å². The van der Waals surface area contributed by atoms with Gasteiger partial charge in [-0.2, -0.15) is 5.10 Å². The molecule has 11 heteroatoms. The lowest BCUT2D eigenvalue weighted by molar-refractivity contribution is 0.0954. The van der Waals surface area contributed by atoms with E-state index in [2.05, 4.69) is 25.1 Å². The second kappa shape index (κ2) is 9.18. The van der Waals surface area contributed by atoms with E-state index in [1.54, 1.807) is 36.8 Å². The van der Waals surface area contributed by atoms with Crippen LogP contribution in [-0.4, -0.2) is 52.2 Å². The van der Waals surface area contributed by atoms with E-state index < -0.39 is 15.3 Å². The lowest BCUT2D eigenvalue weighted by Gasteiger charge is -2.09. The molecule has 30 heavy (non-hydrogen) atoms. The van der Waals surface area contributed by atoms with Crippen LogP contribution in [0.4, 0.5) is 5.82 Å². The summed E-state index contributed by atoms with van der Waals surface area (Å²) < 4.78 is 27.6. The highest BCUT2D eigenvalue weighted by molar-refractivity contribution is 7.90. The summed E-state index contributed by atoms with van der Waals surface area (Å²) in [7, 11) is -3.27. The summed E-state index contributed by atoms with van der Waals surface area (Å²) in [5, 5.41) is 6.62. The van der Waals surface area contributed by atoms with E-state index in [1.807, 2.05) is 12.1 Å². The van der Waals surface area contributed by atoms with Crippen LogP contribution in [0.2, 0.25) is 0 Å². The molecule has 0 aromatic carbocycles. The lowest BCUT2D eigenvalue weighted by Crippen LogP contribution is -2.32. The Morgan fingerprint density at radius 1 is 1.20 bits per heavy atom. The highest BCUT2D eigenvalue weighted by Gasteiger charge is 2.20. The van der Waals surface area contributed by atoms with Crippen molar-refractivity contribution in [2.24, 2.45) is 0 Å². The van der Waals surface area contributed by atoms with Gasteiger partial charge in [0.1, 0.15) is 11.8 Å². The molecule has 0 radical (unpaired) electrons. The predicted octanol–water partition coefficient (Wildman–Crippen LogP) is 1.21. The fraction of sp³-hybridized carbons (Fsp3) is 0.368. The molecule has 3 aromatic rings. The van der Waals surface area contributed by atoms with Gasteiger partial charge in [0.2, 0.25) is 10.0 Å². The highest BCUT2D eigenvalue weighted by Crippen LogP contribution is 2.27. The van der Waals surface area contributed by atoms with Crippen LogP contribution >= 0.6 is 0 Å². The first-order valence-corrected chi connectivity index (χ1v) is 11.1. The number of carbonyl (C=O) groups is 1. The normalized spacial score (nSPS) is 11.8. The standard InChI is InChI=1S/C19H25N7O3S/c1-13(2)30(28,29)25-8-4-3-7-22-19(27)15-11-16(14-5-9-21-10-6-14)26-17(15)18(20)23-12-24-26/h5-6,9-13,25H,3-4,7-8H2,1-2H3,(H,22,27)(H2,20,23,24). The minimum Gasteiger partial charge on any atom is -0.382 e. The Balaban J connectivity index is 1.67. The van der Waals surface area contributed by atoms with Crippen molar-refractivity contribution >= 4 is 27.3 Å². The van der Waals surface area contributed by atoms with E-state index in [1.165, 1.54) is 6.33 Å². The molecule has 0 aliphatic carbocycles. The average molecular weight is 432 g/mol. The Morgan fingerprint density at radius 3 is 2.60 bits per heavy atom. The summed E-state index contributed by atoms with van der Waals surface area (Å²) in [4.78, 5) is 20.8. The number of hydrogen-bond acceptors (Lipinski definition) is 7. The zero-order chi connectivity index (χ0) is 21.7. The Hall–Kier alpha value is -3.05. The minimum atomic E-state index is -3.27. The zero-order valence-electron chi connectivity index (χ0n) is 16.9. The summed E-state index contributed by atoms with van der Waals surface area (Å²) in [6.07, 6.45) is 5.89. The minimum absolute atomic E-state index is 0.207. The number of nitrogens with zero attached hydrogens (tertiary/aromatic N) is 4. The van der Waals surface area contributed by atoms with Crippen LogP contribution in [0.3, 0.4) is 0 Å². The Kier molecular flexibility index (Phi) is 6.63. The van der Waals surface area contributed by atoms with Crippen LogP contribution in [0.1, 0.15) is 37.0 Å². The summed E-state index contributed by atoms with van der Waals surface area (Å²) >= 11 is 0. The van der Waals surface area contributed by atoms with Crippen molar-refractivity contribution in [2.75, 3.05) is 18.8 Å². The number of carbonyl (C=O) groups excluding carboxylic acids is 1. The molecule has 3 aromatic heterocycles. The quantitative estimate of drug-likeness (QED) is 0.432. The third-order valence-electron chi connectivity index (χ3n) is 4.62. The van der Waals surface area contributed by atoms with E-state index in [0.29, 0.717) is 42.7 Å². The molecule has 0 fully saturated rings. The summed E-state index contributed by atoms with van der Waals surface area (Å²) in [5.74, 6) is -0.0874. The molecule has 3 heterocycles. The molecule has 0 aliphatic rings. The van der Waals surface area contributed by atoms with Gasteiger partial charge < -0.3 is 11.1 Å². The number of rotatable bonds is 9. The van der Waals surface area contributed by atoms with Crippen molar-refractivity contribution in [1.82, 2.24) is 29.6 Å². The second-order valence-electron chi connectivity index (χ2n) is 7.04. The molecule has 0 spiro atoms. The predicted molar refractivity (Wildman–Crippen MR) is 114 cm³/mol. The second-order valence-corrected chi connectivity index (χ2v) is 9.36. The molecule has 4 N–H and O–H groups in total. The molecular weight excluding hydrogens is 406 g/mol. The SMILES string of the molecule is CC(C)S(=O)(=O)NCCCCNC(=O)c1cc(-c2ccncc2)n2ncnc(N)c12. The Morgan fingerprint density at radius 2 is 1.90 bits per heavy atom. The molecule has 0 saturated carbocycles. The summed E-state index contributed by atoms with van der Waals surface area (Å²) in [5.41, 5.74) is 8.37. The Bertz CT molecular complexity index is 1130. The van der Waals surface area contributed by atoms with Crippen molar-refractivity contribution in [3.05, 3.63) is 42.5 Å². The van der Waals surface area contributed by atoms with E-state index in [9.17, 15) is 13.2 Å². The zero-order valence-corrected chi connectivity index (χ0v) is 17.7. The van der Waals surface area contributed by atoms with Crippen LogP contribution in [0.15, 0.2) is 36.9 Å². The van der Waals surface area contributed by atoms with Crippen LogP contribution in [0, 0.1) is 0 Å². The van der Waals surface area contributed by atoms with Crippen LogP contribution in [-0.2, 0) is 10.0 Å². The van der Waals surface area contributed by atoms with E-state index in [4.69, 9.17) is 5.73 Å². The van der Waals surface area contributed by atoms with Gasteiger partial charge in [-0.3, -0.25) is 9.78 Å². The van der Waals surface area contributed by atoms with Gasteiger partial charge in [0.15, 0.2) is 5.82 Å². The van der Waals surface area contributed by atoms with E-state index in [0.717, 1.165) is 5.56 Å². The van der Waals surface area contributed by atoms with Gasteiger partial charge in [0, 0.05) is 31.0 Å². The van der Waals surface area contributed by atoms with Gasteiger partial charge in [-0.05, 0) is 44.9 Å². The van der Waals surface area contributed by atoms with Gasteiger partial charge in [-0.25, -0.2) is 22.6 Å². The average Bonchev–Trinajstić information content (AvgIpc) is 3.12. The molecular formula is C19H25N7O3S. The number of nitrogens with one attached hydrogen (secondary N) is 2. The first-order valence-electron chi connectivity index (χ1n) is 9.60. The summed E-state index contributed by atoms with van der Waals surface area (Å²) in [6.45, 7) is 3.98. The maximum atomic E-state index is 12.8. The molecule has 0 aliphatic heterocycles. The number of anilines is 1. The monoisotopic (exact) mass is 431 g/mol. The molecule has 160 valence electrons. The first-order chi connectivity index (χ1) is 14.3. The lowest BCUT2D eigenvalue weighted by atomic mass is 10.1. The summed E-state index contributed by atoms with van der Waals surface area (Å²) in [6, 6.07) is 5.36. The van der Waals surface area contributed by atoms with E-state index in [-0.39, 0.29) is 11.7 Å². The molecule has 0 bridgehead atoms. The fourth-order valence-electron chi connectivity index (χ4n) is 2.90. The molecule has 10 nitrogen and oxygen atoms in total. The topological polar surface area (TPSA) is 144 Å². The molecule has 1 amide bonds. The number of nitrogens with two attached hydrogens (primary N) is 1.